The molecule has 9 rings (SSSR count). The summed E-state index contributed by atoms with van der Waals surface area (Å²) in [7, 11) is -11.1. The molecule has 4 heterocycles. The number of piperazine rings is 2. The fourth-order valence-electron chi connectivity index (χ4n) is 10.9. The molecule has 4 aliphatic heterocycles. The number of sulfonamides is 1. The number of ether oxygens (including phenoxy) is 2. The van der Waals surface area contributed by atoms with Gasteiger partial charge in [-0.3, -0.25) is 14.6 Å². The summed E-state index contributed by atoms with van der Waals surface area (Å²) in [5.74, 6) is -0.401. The van der Waals surface area contributed by atoms with E-state index in [-0.39, 0.29) is 35.2 Å². The molecule has 3 fully saturated rings. The highest BCUT2D eigenvalue weighted by molar-refractivity contribution is 7.99. The van der Waals surface area contributed by atoms with Crippen LogP contribution >= 0.6 is 23.4 Å². The maximum Gasteiger partial charge on any atom is 0.501 e. The second-order valence-corrected chi connectivity index (χ2v) is 27.1. The molecule has 14 nitrogen and oxygen atoms in total. The second kappa shape index (κ2) is 21.4. The van der Waals surface area contributed by atoms with Gasteiger partial charge in [0.2, 0.25) is 0 Å². The van der Waals surface area contributed by atoms with E-state index < -0.39 is 58.4 Å². The number of likely N-dealkylation sites (tertiary alicyclic amines) is 2. The number of anilines is 2. The molecule has 4 aromatic rings. The number of allylic oxidation sites excluding steroid dienone is 1. The van der Waals surface area contributed by atoms with Crippen molar-refractivity contribution < 1.29 is 49.1 Å². The van der Waals surface area contributed by atoms with Crippen LogP contribution in [0.4, 0.5) is 29.3 Å². The average molecular weight is 1110 g/mol. The van der Waals surface area contributed by atoms with Crippen molar-refractivity contribution in [1.82, 2.24) is 19.4 Å². The van der Waals surface area contributed by atoms with Crippen molar-refractivity contribution in [3.8, 4) is 5.75 Å². The Morgan fingerprint density at radius 2 is 1.65 bits per heavy atom. The highest BCUT2D eigenvalue weighted by atomic mass is 35.5. The Kier molecular flexibility index (Phi) is 15.7. The number of hydrogen-bond donors (Lipinski definition) is 2. The van der Waals surface area contributed by atoms with E-state index in [1.807, 2.05) is 47.2 Å². The standard InChI is InChI=1S/C54H64ClF3N6O8S3/c1-52(2,3)72-51(66)64-32-40-26-41(64)31-62(40)22-20-39(34-73-43-9-7-6-8-10-43)59-46-17-16-44(27-49(46)74(67,68)54(56,57)58)75(69,70)60-50(65)36-13-18-47-48(25-36)71-33-42-30-61(23-24-63(42)47)29-37-28-53(4,5)21-19-45(37)35-11-14-38(55)15-12-35/h6-18,25,27,39-42,59H,19-24,26,28-34H2,1-5H3,(H,60,65)/t39-,40-,41-,42+/m1/s1. The molecular weight excluding hydrogens is 1050 g/mol. The quantitative estimate of drug-likeness (QED) is 0.109. The summed E-state index contributed by atoms with van der Waals surface area (Å²) in [5.41, 5.74) is -2.06. The SMILES string of the molecule is CC1(C)CCC(c2ccc(Cl)cc2)=C(CN2CCN3c4ccc(C(=O)NS(=O)(=O)c5ccc(N[C@H](CCN6C[C@H]7C[C@@H]6CN7C(=O)OC(C)(C)C)CSc6ccccc6)c(S(=O)(=O)C(F)(F)F)c5)cc4OC[C@@H]3C2)C1. The third-order valence-corrected chi connectivity index (χ3v) is 19.0. The van der Waals surface area contributed by atoms with Gasteiger partial charge >= 0.3 is 11.6 Å². The van der Waals surface area contributed by atoms with Crippen molar-refractivity contribution in [2.45, 2.75) is 117 Å². The lowest BCUT2D eigenvalue weighted by Crippen LogP contribution is -2.57. The van der Waals surface area contributed by atoms with Gasteiger partial charge in [0.15, 0.2) is 0 Å². The Hall–Kier alpha value is -4.99. The summed E-state index contributed by atoms with van der Waals surface area (Å²) >= 11 is 7.65. The molecule has 4 atom stereocenters. The minimum Gasteiger partial charge on any atom is -0.489 e. The second-order valence-electron chi connectivity index (χ2n) is 22.0. The van der Waals surface area contributed by atoms with E-state index in [2.05, 4.69) is 46.0 Å². The number of rotatable bonds is 15. The van der Waals surface area contributed by atoms with Gasteiger partial charge in [-0.15, -0.1) is 11.8 Å². The Labute approximate surface area is 447 Å². The number of halogens is 4. The number of hydrogen-bond acceptors (Lipinski definition) is 13. The summed E-state index contributed by atoms with van der Waals surface area (Å²) in [6.07, 6.45) is 3.79. The summed E-state index contributed by atoms with van der Waals surface area (Å²) in [5, 5.41) is 3.73. The largest absolute Gasteiger partial charge is 0.501 e. The number of nitrogens with one attached hydrogen (secondary N) is 2. The van der Waals surface area contributed by atoms with Crippen molar-refractivity contribution >= 4 is 72.2 Å². The van der Waals surface area contributed by atoms with Gasteiger partial charge in [-0.1, -0.05) is 61.4 Å². The highest BCUT2D eigenvalue weighted by Crippen LogP contribution is 2.44. The third kappa shape index (κ3) is 12.6. The van der Waals surface area contributed by atoms with Crippen molar-refractivity contribution in [2.24, 2.45) is 5.41 Å². The fourth-order valence-corrected chi connectivity index (χ4v) is 14.1. The first-order valence-electron chi connectivity index (χ1n) is 25.3. The first-order valence-corrected chi connectivity index (χ1v) is 29.6. The van der Waals surface area contributed by atoms with Gasteiger partial charge in [-0.2, -0.15) is 13.2 Å². The van der Waals surface area contributed by atoms with Crippen molar-refractivity contribution in [3.63, 3.8) is 0 Å². The zero-order chi connectivity index (χ0) is 53.7. The lowest BCUT2D eigenvalue weighted by molar-refractivity contribution is -0.0436. The summed E-state index contributed by atoms with van der Waals surface area (Å²) in [6.45, 7) is 14.9. The van der Waals surface area contributed by atoms with Crippen LogP contribution in [0.1, 0.15) is 82.6 Å². The third-order valence-electron chi connectivity index (χ3n) is 14.7. The fraction of sp³-hybridized carbons (Fsp3) is 0.481. The Balaban J connectivity index is 0.883. The molecule has 0 saturated carbocycles. The smallest absolute Gasteiger partial charge is 0.489 e. The molecule has 3 saturated heterocycles. The molecule has 2 bridgehead atoms. The Bertz CT molecular complexity index is 3050. The van der Waals surface area contributed by atoms with Gasteiger partial charge in [0.05, 0.1) is 22.3 Å². The van der Waals surface area contributed by atoms with Gasteiger partial charge in [0.25, 0.3) is 25.8 Å². The first kappa shape index (κ1) is 54.8. The number of fused-ring (bicyclic) bond motifs is 5. The van der Waals surface area contributed by atoms with Gasteiger partial charge in [0, 0.05) is 85.2 Å². The number of sulfone groups is 1. The molecule has 4 aromatic carbocycles. The molecule has 21 heteroatoms. The molecular formula is C54H64ClF3N6O8S3. The normalized spacial score (nSPS) is 21.5. The van der Waals surface area contributed by atoms with Gasteiger partial charge in [-0.05, 0) is 130 Å². The molecule has 2 amide bonds. The van der Waals surface area contributed by atoms with Crippen molar-refractivity contribution in [3.05, 3.63) is 113 Å². The van der Waals surface area contributed by atoms with Crippen LogP contribution in [0.3, 0.4) is 0 Å². The van der Waals surface area contributed by atoms with Crippen LogP contribution in [0.5, 0.6) is 5.75 Å². The summed E-state index contributed by atoms with van der Waals surface area (Å²) in [6, 6.07) is 23.7. The van der Waals surface area contributed by atoms with E-state index in [0.29, 0.717) is 61.8 Å². The van der Waals surface area contributed by atoms with E-state index in [4.69, 9.17) is 21.1 Å². The molecule has 75 heavy (non-hydrogen) atoms. The molecule has 2 N–H and O–H groups in total. The number of carbonyl (C=O) groups is 2. The van der Waals surface area contributed by atoms with E-state index in [1.165, 1.54) is 40.6 Å². The number of alkyl halides is 3. The molecule has 404 valence electrons. The van der Waals surface area contributed by atoms with Crippen LogP contribution in [0.25, 0.3) is 5.57 Å². The monoisotopic (exact) mass is 1110 g/mol. The molecule has 0 unspecified atom stereocenters. The maximum atomic E-state index is 14.4. The van der Waals surface area contributed by atoms with E-state index >= 15 is 0 Å². The lowest BCUT2D eigenvalue weighted by Gasteiger charge is -2.46. The topological polar surface area (TPSA) is 158 Å². The minimum atomic E-state index is -6.14. The lowest BCUT2D eigenvalue weighted by atomic mass is 9.72. The van der Waals surface area contributed by atoms with Crippen LogP contribution < -0.4 is 19.7 Å². The van der Waals surface area contributed by atoms with Crippen molar-refractivity contribution in [1.29, 1.82) is 0 Å². The number of benzene rings is 4. The summed E-state index contributed by atoms with van der Waals surface area (Å²) < 4.78 is 111. The zero-order valence-corrected chi connectivity index (χ0v) is 45.9. The van der Waals surface area contributed by atoms with Gasteiger partial charge < -0.3 is 24.6 Å². The van der Waals surface area contributed by atoms with Gasteiger partial charge in [-0.25, -0.2) is 26.4 Å². The molecule has 5 aliphatic rings. The van der Waals surface area contributed by atoms with Crippen LogP contribution in [-0.4, -0.2) is 137 Å². The number of nitrogens with zero attached hydrogens (tertiary/aromatic N) is 4. The van der Waals surface area contributed by atoms with Crippen LogP contribution in [0.15, 0.2) is 111 Å². The average Bonchev–Trinajstić information content (AvgIpc) is 3.96. The predicted molar refractivity (Wildman–Crippen MR) is 286 cm³/mol. The summed E-state index contributed by atoms with van der Waals surface area (Å²) in [4.78, 5) is 33.9. The molecule has 0 spiro atoms. The zero-order valence-electron chi connectivity index (χ0n) is 42.7. The Morgan fingerprint density at radius 1 is 0.907 bits per heavy atom. The van der Waals surface area contributed by atoms with E-state index in [9.17, 15) is 39.6 Å². The van der Waals surface area contributed by atoms with E-state index in [1.54, 1.807) is 31.7 Å². The van der Waals surface area contributed by atoms with Crippen molar-refractivity contribution in [2.75, 3.05) is 68.4 Å². The highest BCUT2D eigenvalue weighted by Gasteiger charge is 2.49. The van der Waals surface area contributed by atoms with E-state index in [0.717, 1.165) is 68.0 Å². The minimum absolute atomic E-state index is 0.0129. The number of carbonyl (C=O) groups excluding carboxylic acids is 2. The number of amides is 2. The Morgan fingerprint density at radius 3 is 2.35 bits per heavy atom. The maximum absolute atomic E-state index is 14.4. The van der Waals surface area contributed by atoms with Crippen LogP contribution in [-0.2, 0) is 24.6 Å². The molecule has 1 aliphatic carbocycles. The van der Waals surface area contributed by atoms with Crippen LogP contribution in [0.2, 0.25) is 5.02 Å². The molecule has 0 radical (unpaired) electrons. The van der Waals surface area contributed by atoms with Crippen LogP contribution in [0, 0.1) is 5.41 Å². The first-order chi connectivity index (χ1) is 35.3. The van der Waals surface area contributed by atoms with Gasteiger partial charge in [0.1, 0.15) is 22.9 Å². The molecule has 0 aromatic heterocycles. The predicted octanol–water partition coefficient (Wildman–Crippen LogP) is 9.96. The number of thioether (sulfide) groups is 1.